The lowest BCUT2D eigenvalue weighted by Crippen LogP contribution is -2.44. The standard InChI is InChI=1S/C18H19FN2O3/c1-13(14-5-3-2-4-6-14)11-17(22)20-21-18(23)12-24-16-9-7-15(19)8-10-16/h2-10,13H,11-12H2,1H3,(H,20,22)(H,21,23)/t13-/m1/s1. The number of hydrogen-bond donors (Lipinski definition) is 2. The molecule has 0 radical (unpaired) electrons. The zero-order valence-electron chi connectivity index (χ0n) is 13.3. The molecule has 0 bridgehead atoms. The summed E-state index contributed by atoms with van der Waals surface area (Å²) in [6, 6.07) is 15.0. The monoisotopic (exact) mass is 330 g/mol. The van der Waals surface area contributed by atoms with Gasteiger partial charge in [0.1, 0.15) is 11.6 Å². The lowest BCUT2D eigenvalue weighted by Gasteiger charge is -2.13. The van der Waals surface area contributed by atoms with Gasteiger partial charge < -0.3 is 4.74 Å². The van der Waals surface area contributed by atoms with E-state index in [1.54, 1.807) is 0 Å². The van der Waals surface area contributed by atoms with Gasteiger partial charge in [0.2, 0.25) is 5.91 Å². The van der Waals surface area contributed by atoms with Gasteiger partial charge in [-0.25, -0.2) is 4.39 Å². The third-order valence-electron chi connectivity index (χ3n) is 3.39. The highest BCUT2D eigenvalue weighted by Crippen LogP contribution is 2.17. The average Bonchev–Trinajstić information content (AvgIpc) is 2.60. The summed E-state index contributed by atoms with van der Waals surface area (Å²) < 4.78 is 17.9. The Morgan fingerprint density at radius 2 is 1.62 bits per heavy atom. The Bertz CT molecular complexity index is 674. The number of carbonyl (C=O) groups excluding carboxylic acids is 2. The molecule has 0 saturated carbocycles. The highest BCUT2D eigenvalue weighted by molar-refractivity contribution is 5.83. The third-order valence-corrected chi connectivity index (χ3v) is 3.39. The van der Waals surface area contributed by atoms with Gasteiger partial charge in [-0.3, -0.25) is 20.4 Å². The van der Waals surface area contributed by atoms with Crippen molar-refractivity contribution in [2.45, 2.75) is 19.3 Å². The van der Waals surface area contributed by atoms with Crippen LogP contribution >= 0.6 is 0 Å². The van der Waals surface area contributed by atoms with Gasteiger partial charge in [-0.05, 0) is 35.7 Å². The Kier molecular flexibility index (Phi) is 6.31. The smallest absolute Gasteiger partial charge is 0.276 e. The van der Waals surface area contributed by atoms with Crippen LogP contribution < -0.4 is 15.6 Å². The first kappa shape index (κ1) is 17.5. The fourth-order valence-corrected chi connectivity index (χ4v) is 2.08. The van der Waals surface area contributed by atoms with Crippen LogP contribution in [0.4, 0.5) is 4.39 Å². The lowest BCUT2D eigenvalue weighted by molar-refractivity contribution is -0.130. The number of nitrogens with one attached hydrogen (secondary N) is 2. The Morgan fingerprint density at radius 3 is 2.29 bits per heavy atom. The minimum Gasteiger partial charge on any atom is -0.484 e. The number of hydrazine groups is 1. The molecular weight excluding hydrogens is 311 g/mol. The molecule has 2 aromatic carbocycles. The van der Waals surface area contributed by atoms with Gasteiger partial charge in [0.25, 0.3) is 5.91 Å². The summed E-state index contributed by atoms with van der Waals surface area (Å²) in [6.07, 6.45) is 0.253. The van der Waals surface area contributed by atoms with Gasteiger partial charge in [-0.1, -0.05) is 37.3 Å². The Balaban J connectivity index is 1.69. The second-order valence-corrected chi connectivity index (χ2v) is 5.35. The Morgan fingerprint density at radius 1 is 1.00 bits per heavy atom. The van der Waals surface area contributed by atoms with E-state index in [0.29, 0.717) is 5.75 Å². The van der Waals surface area contributed by atoms with Crippen LogP contribution in [0.1, 0.15) is 24.8 Å². The van der Waals surface area contributed by atoms with Crippen LogP contribution in [0.3, 0.4) is 0 Å². The van der Waals surface area contributed by atoms with E-state index in [0.717, 1.165) is 5.56 Å². The zero-order chi connectivity index (χ0) is 17.4. The first-order valence-corrected chi connectivity index (χ1v) is 7.55. The maximum atomic E-state index is 12.7. The molecule has 2 aromatic rings. The molecule has 0 aliphatic carbocycles. The molecule has 0 aliphatic rings. The minimum atomic E-state index is -0.500. The van der Waals surface area contributed by atoms with E-state index in [1.807, 2.05) is 37.3 Å². The molecule has 24 heavy (non-hydrogen) atoms. The van der Waals surface area contributed by atoms with E-state index in [9.17, 15) is 14.0 Å². The van der Waals surface area contributed by atoms with Crippen LogP contribution in [-0.2, 0) is 9.59 Å². The molecule has 0 fully saturated rings. The molecule has 126 valence electrons. The summed E-state index contributed by atoms with van der Waals surface area (Å²) in [5.41, 5.74) is 5.69. The molecule has 2 amide bonds. The molecule has 5 nitrogen and oxygen atoms in total. The maximum absolute atomic E-state index is 12.7. The predicted molar refractivity (Wildman–Crippen MR) is 87.7 cm³/mol. The van der Waals surface area contributed by atoms with Crippen LogP contribution in [0.5, 0.6) is 5.75 Å². The summed E-state index contributed by atoms with van der Waals surface area (Å²) in [4.78, 5) is 23.5. The van der Waals surface area contributed by atoms with E-state index in [2.05, 4.69) is 10.9 Å². The summed E-state index contributed by atoms with van der Waals surface area (Å²) in [7, 11) is 0. The third kappa shape index (κ3) is 5.72. The van der Waals surface area contributed by atoms with Crippen LogP contribution in [0, 0.1) is 5.82 Å². The van der Waals surface area contributed by atoms with Crippen molar-refractivity contribution in [2.24, 2.45) is 0 Å². The molecule has 0 spiro atoms. The normalized spacial score (nSPS) is 11.4. The van der Waals surface area contributed by atoms with Crippen molar-refractivity contribution >= 4 is 11.8 Å². The maximum Gasteiger partial charge on any atom is 0.276 e. The minimum absolute atomic E-state index is 0.0403. The molecule has 1 atom stereocenters. The van der Waals surface area contributed by atoms with Crippen molar-refractivity contribution in [3.63, 3.8) is 0 Å². The van der Waals surface area contributed by atoms with Crippen molar-refractivity contribution in [2.75, 3.05) is 6.61 Å². The van der Waals surface area contributed by atoms with Gasteiger partial charge in [0, 0.05) is 6.42 Å². The Hall–Kier alpha value is -2.89. The molecular formula is C18H19FN2O3. The Labute approximate surface area is 139 Å². The molecule has 6 heteroatoms. The van der Waals surface area contributed by atoms with Gasteiger partial charge in [-0.2, -0.15) is 0 Å². The fourth-order valence-electron chi connectivity index (χ4n) is 2.08. The van der Waals surface area contributed by atoms with E-state index < -0.39 is 5.91 Å². The van der Waals surface area contributed by atoms with Gasteiger partial charge in [0.05, 0.1) is 0 Å². The summed E-state index contributed by atoms with van der Waals surface area (Å²) in [5.74, 6) is -0.762. The summed E-state index contributed by atoms with van der Waals surface area (Å²) >= 11 is 0. The molecule has 0 unspecified atom stereocenters. The van der Waals surface area contributed by atoms with Crippen molar-refractivity contribution in [3.05, 3.63) is 66.0 Å². The quantitative estimate of drug-likeness (QED) is 0.800. The van der Waals surface area contributed by atoms with E-state index in [-0.39, 0.29) is 30.7 Å². The number of amides is 2. The molecule has 0 saturated heterocycles. The number of carbonyl (C=O) groups is 2. The van der Waals surface area contributed by atoms with E-state index in [4.69, 9.17) is 4.74 Å². The van der Waals surface area contributed by atoms with E-state index >= 15 is 0 Å². The number of hydrogen-bond acceptors (Lipinski definition) is 3. The number of halogens is 1. The van der Waals surface area contributed by atoms with Crippen LogP contribution in [0.25, 0.3) is 0 Å². The lowest BCUT2D eigenvalue weighted by atomic mass is 9.98. The van der Waals surface area contributed by atoms with E-state index in [1.165, 1.54) is 24.3 Å². The molecule has 0 aromatic heterocycles. The van der Waals surface area contributed by atoms with Crippen LogP contribution in [0.2, 0.25) is 0 Å². The van der Waals surface area contributed by atoms with Crippen molar-refractivity contribution in [3.8, 4) is 5.75 Å². The number of rotatable bonds is 6. The van der Waals surface area contributed by atoms with Gasteiger partial charge in [-0.15, -0.1) is 0 Å². The highest BCUT2D eigenvalue weighted by Gasteiger charge is 2.12. The molecule has 2 N–H and O–H groups in total. The number of ether oxygens (including phenoxy) is 1. The summed E-state index contributed by atoms with van der Waals surface area (Å²) in [6.45, 7) is 1.66. The predicted octanol–water partition coefficient (Wildman–Crippen LogP) is 2.55. The average molecular weight is 330 g/mol. The van der Waals surface area contributed by atoms with Gasteiger partial charge >= 0.3 is 0 Å². The molecule has 2 rings (SSSR count). The van der Waals surface area contributed by atoms with Crippen molar-refractivity contribution in [1.82, 2.24) is 10.9 Å². The van der Waals surface area contributed by atoms with Crippen molar-refractivity contribution < 1.29 is 18.7 Å². The topological polar surface area (TPSA) is 67.4 Å². The second-order valence-electron chi connectivity index (χ2n) is 5.35. The zero-order valence-corrected chi connectivity index (χ0v) is 13.3. The number of benzene rings is 2. The molecule has 0 aliphatic heterocycles. The highest BCUT2D eigenvalue weighted by atomic mass is 19.1. The van der Waals surface area contributed by atoms with Gasteiger partial charge in [0.15, 0.2) is 6.61 Å². The fraction of sp³-hybridized carbons (Fsp3) is 0.222. The first-order valence-electron chi connectivity index (χ1n) is 7.55. The van der Waals surface area contributed by atoms with Crippen LogP contribution in [-0.4, -0.2) is 18.4 Å². The SMILES string of the molecule is C[C@H](CC(=O)NNC(=O)COc1ccc(F)cc1)c1ccccc1. The first-order chi connectivity index (χ1) is 11.5. The summed E-state index contributed by atoms with van der Waals surface area (Å²) in [5, 5.41) is 0. The second kappa shape index (κ2) is 8.67. The molecule has 0 heterocycles. The van der Waals surface area contributed by atoms with Crippen LogP contribution in [0.15, 0.2) is 54.6 Å². The van der Waals surface area contributed by atoms with Crippen molar-refractivity contribution in [1.29, 1.82) is 0 Å². The largest absolute Gasteiger partial charge is 0.484 e.